The van der Waals surface area contributed by atoms with Gasteiger partial charge in [-0.2, -0.15) is 0 Å². The van der Waals surface area contributed by atoms with Crippen LogP contribution < -0.4 is 4.74 Å². The van der Waals surface area contributed by atoms with Crippen molar-refractivity contribution in [3.63, 3.8) is 0 Å². The first kappa shape index (κ1) is 44.7. The van der Waals surface area contributed by atoms with E-state index in [9.17, 15) is 24.0 Å². The van der Waals surface area contributed by atoms with Crippen molar-refractivity contribution < 1.29 is 57.1 Å². The Hall–Kier alpha value is -4.71. The normalized spacial score (nSPS) is 25.0. The van der Waals surface area contributed by atoms with Crippen molar-refractivity contribution in [2.75, 3.05) is 6.61 Å². The van der Waals surface area contributed by atoms with Gasteiger partial charge in [0.1, 0.15) is 23.1 Å². The SMILES string of the molecule is C=C(C)C(=O)OC1(C(C)C)CCCC1.C=C(C)C(=O)OC1C2CC3C(=O)OC1C3O2.C=C(C)C(=O)OC1CCOC1=O.C=Cc1ccc(OC(C)(C)C)cc1. The Morgan fingerprint density at radius 1 is 0.855 bits per heavy atom. The van der Waals surface area contributed by atoms with Gasteiger partial charge in [0, 0.05) is 23.1 Å². The van der Waals surface area contributed by atoms with Crippen LogP contribution in [-0.4, -0.2) is 78.2 Å². The van der Waals surface area contributed by atoms with E-state index in [-0.39, 0.29) is 46.8 Å². The van der Waals surface area contributed by atoms with Crippen molar-refractivity contribution >= 4 is 35.9 Å². The van der Waals surface area contributed by atoms with Gasteiger partial charge in [-0.25, -0.2) is 19.2 Å². The van der Waals surface area contributed by atoms with Crippen LogP contribution in [0.15, 0.2) is 67.3 Å². The summed E-state index contributed by atoms with van der Waals surface area (Å²) in [5, 5.41) is 0. The van der Waals surface area contributed by atoms with E-state index in [1.54, 1.807) is 13.8 Å². The van der Waals surface area contributed by atoms with Crippen molar-refractivity contribution in [2.24, 2.45) is 11.8 Å². The summed E-state index contributed by atoms with van der Waals surface area (Å²) in [5.41, 5.74) is 1.89. The van der Waals surface area contributed by atoms with Crippen LogP contribution in [0.1, 0.15) is 99.5 Å². The Morgan fingerprint density at radius 2 is 1.42 bits per heavy atom. The van der Waals surface area contributed by atoms with E-state index in [0.717, 1.165) is 24.2 Å². The summed E-state index contributed by atoms with van der Waals surface area (Å²) in [4.78, 5) is 56.0. The second-order valence-corrected chi connectivity index (χ2v) is 15.7. The van der Waals surface area contributed by atoms with Gasteiger partial charge in [0.15, 0.2) is 12.2 Å². The molecule has 55 heavy (non-hydrogen) atoms. The first-order valence-electron chi connectivity index (χ1n) is 18.7. The van der Waals surface area contributed by atoms with Crippen LogP contribution in [0.25, 0.3) is 6.08 Å². The summed E-state index contributed by atoms with van der Waals surface area (Å²) in [7, 11) is 0. The summed E-state index contributed by atoms with van der Waals surface area (Å²) < 4.78 is 36.6. The monoisotopic (exact) mass is 766 g/mol. The Kier molecular flexibility index (Phi) is 15.6. The molecule has 1 aliphatic carbocycles. The third kappa shape index (κ3) is 12.4. The van der Waals surface area contributed by atoms with Crippen LogP contribution in [0.5, 0.6) is 5.75 Å². The zero-order valence-corrected chi connectivity index (χ0v) is 33.6. The second-order valence-electron chi connectivity index (χ2n) is 15.7. The van der Waals surface area contributed by atoms with Gasteiger partial charge in [0.25, 0.3) is 0 Å². The highest BCUT2D eigenvalue weighted by Crippen LogP contribution is 2.47. The summed E-state index contributed by atoms with van der Waals surface area (Å²) in [6.45, 7) is 29.7. The Labute approximate surface area is 325 Å². The summed E-state index contributed by atoms with van der Waals surface area (Å²) >= 11 is 0. The zero-order chi connectivity index (χ0) is 41.2. The highest BCUT2D eigenvalue weighted by molar-refractivity contribution is 5.90. The molecule has 1 aromatic rings. The van der Waals surface area contributed by atoms with Gasteiger partial charge in [-0.1, -0.05) is 58.4 Å². The third-order valence-corrected chi connectivity index (χ3v) is 9.55. The second kappa shape index (κ2) is 19.2. The number of benzene rings is 1. The molecule has 6 atom stereocenters. The lowest BCUT2D eigenvalue weighted by atomic mass is 9.88. The molecule has 4 aliphatic heterocycles. The number of carbonyl (C=O) groups is 5. The van der Waals surface area contributed by atoms with Gasteiger partial charge in [-0.05, 0) is 97.3 Å². The third-order valence-electron chi connectivity index (χ3n) is 9.55. The number of carbonyl (C=O) groups excluding carboxylic acids is 5. The Morgan fingerprint density at radius 3 is 1.89 bits per heavy atom. The molecule has 4 saturated heterocycles. The molecule has 4 heterocycles. The van der Waals surface area contributed by atoms with E-state index in [1.807, 2.05) is 51.1 Å². The number of ether oxygens (including phenoxy) is 7. The molecule has 6 unspecified atom stereocenters. The average Bonchev–Trinajstić information content (AvgIpc) is 3.94. The van der Waals surface area contributed by atoms with E-state index < -0.39 is 36.2 Å². The van der Waals surface area contributed by atoms with E-state index in [2.05, 4.69) is 44.9 Å². The lowest BCUT2D eigenvalue weighted by Crippen LogP contribution is -2.40. The largest absolute Gasteiger partial charge is 0.488 e. The lowest BCUT2D eigenvalue weighted by Gasteiger charge is -2.33. The number of cyclic esters (lactones) is 1. The van der Waals surface area contributed by atoms with Crippen LogP contribution in [0.2, 0.25) is 0 Å². The molecule has 0 amide bonds. The molecule has 0 aromatic heterocycles. The number of esters is 5. The maximum absolute atomic E-state index is 11.5. The lowest BCUT2D eigenvalue weighted by molar-refractivity contribution is -0.159. The molecule has 1 aromatic carbocycles. The predicted octanol–water partition coefficient (Wildman–Crippen LogP) is 7.19. The quantitative estimate of drug-likeness (QED) is 0.142. The summed E-state index contributed by atoms with van der Waals surface area (Å²) in [5.74, 6) is -0.794. The van der Waals surface area contributed by atoms with Crippen molar-refractivity contribution in [1.29, 1.82) is 0 Å². The maximum atomic E-state index is 11.5. The number of hydrogen-bond acceptors (Lipinski definition) is 12. The van der Waals surface area contributed by atoms with Crippen molar-refractivity contribution in [3.05, 3.63) is 72.9 Å². The molecular formula is C43H58O12. The molecule has 6 rings (SSSR count). The van der Waals surface area contributed by atoms with E-state index in [4.69, 9.17) is 28.4 Å². The van der Waals surface area contributed by atoms with Gasteiger partial charge in [-0.15, -0.1) is 0 Å². The zero-order valence-electron chi connectivity index (χ0n) is 33.6. The van der Waals surface area contributed by atoms with Crippen LogP contribution in [0.4, 0.5) is 0 Å². The van der Waals surface area contributed by atoms with Gasteiger partial charge < -0.3 is 33.2 Å². The van der Waals surface area contributed by atoms with Gasteiger partial charge >= 0.3 is 29.8 Å². The highest BCUT2D eigenvalue weighted by Gasteiger charge is 2.65. The van der Waals surface area contributed by atoms with Crippen molar-refractivity contribution in [2.45, 2.75) is 136 Å². The molecule has 12 nitrogen and oxygen atoms in total. The van der Waals surface area contributed by atoms with Gasteiger partial charge in [0.05, 0.1) is 18.6 Å². The molecule has 0 spiro atoms. The Bertz CT molecular complexity index is 1610. The molecule has 2 bridgehead atoms. The first-order chi connectivity index (χ1) is 25.7. The number of fused-ring (bicyclic) bond motifs is 1. The fraction of sp³-hybridized carbons (Fsp3) is 0.558. The van der Waals surface area contributed by atoms with Crippen molar-refractivity contribution in [3.8, 4) is 5.75 Å². The van der Waals surface area contributed by atoms with Crippen LogP contribution >= 0.6 is 0 Å². The van der Waals surface area contributed by atoms with Gasteiger partial charge in [0.2, 0.25) is 6.10 Å². The van der Waals surface area contributed by atoms with Crippen LogP contribution in [0, 0.1) is 11.8 Å². The minimum absolute atomic E-state index is 0.129. The van der Waals surface area contributed by atoms with Crippen molar-refractivity contribution in [1.82, 2.24) is 0 Å². The van der Waals surface area contributed by atoms with E-state index in [0.29, 0.717) is 36.5 Å². The van der Waals surface area contributed by atoms with Gasteiger partial charge in [-0.3, -0.25) is 4.79 Å². The molecule has 302 valence electrons. The fourth-order valence-electron chi connectivity index (χ4n) is 6.49. The minimum Gasteiger partial charge on any atom is -0.488 e. The predicted molar refractivity (Wildman–Crippen MR) is 205 cm³/mol. The fourth-order valence-corrected chi connectivity index (χ4v) is 6.49. The molecule has 5 fully saturated rings. The summed E-state index contributed by atoms with van der Waals surface area (Å²) in [6.07, 6.45) is 5.17. The van der Waals surface area contributed by atoms with E-state index >= 15 is 0 Å². The topological polar surface area (TPSA) is 150 Å². The number of rotatable bonds is 9. The smallest absolute Gasteiger partial charge is 0.347 e. The molecule has 12 heteroatoms. The molecular weight excluding hydrogens is 708 g/mol. The van der Waals surface area contributed by atoms with Crippen LogP contribution in [0.3, 0.4) is 0 Å². The van der Waals surface area contributed by atoms with E-state index in [1.165, 1.54) is 19.8 Å². The summed E-state index contributed by atoms with van der Waals surface area (Å²) in [6, 6.07) is 7.91. The highest BCUT2D eigenvalue weighted by atomic mass is 16.7. The standard InChI is InChI=1S/C12H20O2.C12H16O.C11H12O5.C8H10O4/c1-9(2)11(13)14-12(10(3)4)7-5-6-8-12;1-5-10-6-8-11(9-7-10)13-12(2,3)4;1-4(2)10(12)15-8-6-3-5-7(14-6)9(8)16-11(5)13;1-5(2)7(9)12-6-3-4-11-8(6)10/h10H,1,5-8H2,2-4H3;5-9H,1H2,2-4H3;5-9H,1,3H2,2H3;6H,1,3-4H2,2H3. The number of hydrogen-bond donors (Lipinski definition) is 0. The molecule has 1 saturated carbocycles. The molecule has 0 radical (unpaired) electrons. The van der Waals surface area contributed by atoms with Crippen LogP contribution in [-0.2, 0) is 52.4 Å². The molecule has 0 N–H and O–H groups in total. The first-order valence-corrected chi connectivity index (χ1v) is 18.7. The maximum Gasteiger partial charge on any atom is 0.347 e. The Balaban J connectivity index is 0.000000198. The minimum atomic E-state index is -0.728. The average molecular weight is 767 g/mol. The molecule has 5 aliphatic rings.